The fourth-order valence-electron chi connectivity index (χ4n) is 0.989. The van der Waals surface area contributed by atoms with Gasteiger partial charge < -0.3 is 19.9 Å². The standard InChI is InChI=1S/C11H18FNO6/c1-5-18-8(16)11(12,7(14)15)6-13-9(17)19-10(2,3)4/h5-6H2,1-4H3,(H,13,17)(H,14,15). The molecular formula is C11H18FNO6. The summed E-state index contributed by atoms with van der Waals surface area (Å²) < 4.78 is 23.0. The van der Waals surface area contributed by atoms with Crippen molar-refractivity contribution in [3.8, 4) is 0 Å². The van der Waals surface area contributed by atoms with Crippen molar-refractivity contribution in [1.82, 2.24) is 5.32 Å². The number of halogens is 1. The molecule has 2 N–H and O–H groups in total. The molecule has 1 atom stereocenters. The summed E-state index contributed by atoms with van der Waals surface area (Å²) >= 11 is 0. The van der Waals surface area contributed by atoms with Crippen molar-refractivity contribution in [1.29, 1.82) is 0 Å². The van der Waals surface area contributed by atoms with E-state index in [1.54, 1.807) is 20.8 Å². The molecule has 0 aliphatic heterocycles. The van der Waals surface area contributed by atoms with E-state index >= 15 is 0 Å². The third-order valence-electron chi connectivity index (χ3n) is 1.81. The van der Waals surface area contributed by atoms with Crippen LogP contribution >= 0.6 is 0 Å². The van der Waals surface area contributed by atoms with E-state index in [1.165, 1.54) is 6.92 Å². The quantitative estimate of drug-likeness (QED) is 0.572. The summed E-state index contributed by atoms with van der Waals surface area (Å²) in [5.41, 5.74) is -4.16. The molecule has 0 radical (unpaired) electrons. The number of carbonyl (C=O) groups is 3. The topological polar surface area (TPSA) is 102 Å². The molecule has 0 bridgehead atoms. The highest BCUT2D eigenvalue weighted by Gasteiger charge is 2.49. The lowest BCUT2D eigenvalue weighted by Crippen LogP contribution is -2.52. The lowest BCUT2D eigenvalue weighted by molar-refractivity contribution is -0.170. The first-order valence-electron chi connectivity index (χ1n) is 5.59. The van der Waals surface area contributed by atoms with Crippen LogP contribution in [0.25, 0.3) is 0 Å². The molecule has 8 heteroatoms. The van der Waals surface area contributed by atoms with Crippen molar-refractivity contribution in [3.63, 3.8) is 0 Å². The van der Waals surface area contributed by atoms with Crippen molar-refractivity contribution in [2.45, 2.75) is 39.0 Å². The van der Waals surface area contributed by atoms with Gasteiger partial charge in [-0.3, -0.25) is 0 Å². The number of carbonyl (C=O) groups excluding carboxylic acids is 2. The molecule has 0 rings (SSSR count). The molecule has 0 aromatic heterocycles. The molecule has 0 aliphatic carbocycles. The minimum Gasteiger partial charge on any atom is -0.478 e. The van der Waals surface area contributed by atoms with Gasteiger partial charge in [0.1, 0.15) is 5.60 Å². The van der Waals surface area contributed by atoms with Crippen molar-refractivity contribution in [2.24, 2.45) is 0 Å². The maximum atomic E-state index is 13.9. The van der Waals surface area contributed by atoms with Crippen LogP contribution in [0.1, 0.15) is 27.7 Å². The molecule has 0 spiro atoms. The van der Waals surface area contributed by atoms with E-state index in [9.17, 15) is 18.8 Å². The highest BCUT2D eigenvalue weighted by molar-refractivity contribution is 6.03. The number of nitrogens with one attached hydrogen (secondary N) is 1. The number of aliphatic carboxylic acids is 1. The Morgan fingerprint density at radius 3 is 2.16 bits per heavy atom. The van der Waals surface area contributed by atoms with Crippen LogP contribution in [0.3, 0.4) is 0 Å². The maximum absolute atomic E-state index is 13.9. The van der Waals surface area contributed by atoms with Crippen LogP contribution in [-0.2, 0) is 19.1 Å². The van der Waals surface area contributed by atoms with Gasteiger partial charge in [0, 0.05) is 0 Å². The summed E-state index contributed by atoms with van der Waals surface area (Å²) in [6.07, 6.45) is -1.03. The van der Waals surface area contributed by atoms with Crippen molar-refractivity contribution in [3.05, 3.63) is 0 Å². The first kappa shape index (κ1) is 17.1. The third kappa shape index (κ3) is 5.54. The Hall–Kier alpha value is -1.86. The van der Waals surface area contributed by atoms with Gasteiger partial charge in [-0.2, -0.15) is 0 Å². The summed E-state index contributed by atoms with van der Waals surface area (Å²) in [5.74, 6) is -3.61. The van der Waals surface area contributed by atoms with Crippen LogP contribution < -0.4 is 5.32 Å². The largest absolute Gasteiger partial charge is 0.478 e. The van der Waals surface area contributed by atoms with Crippen molar-refractivity contribution >= 4 is 18.0 Å². The zero-order chi connectivity index (χ0) is 15.3. The first-order chi connectivity index (χ1) is 8.53. The average molecular weight is 279 g/mol. The zero-order valence-electron chi connectivity index (χ0n) is 11.3. The molecular weight excluding hydrogens is 261 g/mol. The summed E-state index contributed by atoms with van der Waals surface area (Å²) in [4.78, 5) is 33.3. The van der Waals surface area contributed by atoms with Crippen LogP contribution in [0.4, 0.5) is 9.18 Å². The number of esters is 1. The highest BCUT2D eigenvalue weighted by Crippen LogP contribution is 2.14. The number of hydrogen-bond acceptors (Lipinski definition) is 5. The fourth-order valence-corrected chi connectivity index (χ4v) is 0.989. The van der Waals surface area contributed by atoms with Crippen LogP contribution in [0.15, 0.2) is 0 Å². The zero-order valence-corrected chi connectivity index (χ0v) is 11.3. The molecule has 0 heterocycles. The number of carboxylic acid groups (broad SMARTS) is 1. The number of hydrogen-bond donors (Lipinski definition) is 2. The number of carboxylic acids is 1. The Kier molecular flexibility index (Phi) is 5.73. The minimum absolute atomic E-state index is 0.176. The molecule has 0 aliphatic rings. The second kappa shape index (κ2) is 6.35. The van der Waals surface area contributed by atoms with E-state index in [0.29, 0.717) is 0 Å². The molecule has 0 aromatic carbocycles. The van der Waals surface area contributed by atoms with Gasteiger partial charge in [-0.15, -0.1) is 0 Å². The van der Waals surface area contributed by atoms with Crippen molar-refractivity contribution in [2.75, 3.05) is 13.2 Å². The predicted molar refractivity (Wildman–Crippen MR) is 62.3 cm³/mol. The SMILES string of the molecule is CCOC(=O)C(F)(CNC(=O)OC(C)(C)C)C(=O)O. The Bertz CT molecular complexity index is 365. The molecule has 0 saturated carbocycles. The number of alkyl halides is 1. The summed E-state index contributed by atoms with van der Waals surface area (Å²) in [6.45, 7) is 4.90. The fraction of sp³-hybridized carbons (Fsp3) is 0.727. The molecule has 1 unspecified atom stereocenters. The number of rotatable bonds is 5. The van der Waals surface area contributed by atoms with E-state index < -0.39 is 35.8 Å². The lowest BCUT2D eigenvalue weighted by atomic mass is 10.1. The van der Waals surface area contributed by atoms with E-state index in [1.807, 2.05) is 5.32 Å². The second-order valence-electron chi connectivity index (χ2n) is 4.68. The van der Waals surface area contributed by atoms with Gasteiger partial charge in [-0.05, 0) is 27.7 Å². The van der Waals surface area contributed by atoms with Gasteiger partial charge in [-0.1, -0.05) is 0 Å². The van der Waals surface area contributed by atoms with Gasteiger partial charge in [0.25, 0.3) is 0 Å². The average Bonchev–Trinajstić information content (AvgIpc) is 2.23. The Balaban J connectivity index is 4.66. The smallest absolute Gasteiger partial charge is 0.407 e. The predicted octanol–water partition coefficient (Wildman–Crippen LogP) is 0.867. The van der Waals surface area contributed by atoms with Crippen LogP contribution in [-0.4, -0.2) is 47.6 Å². The van der Waals surface area contributed by atoms with Gasteiger partial charge in [0.05, 0.1) is 13.2 Å². The molecule has 0 saturated heterocycles. The maximum Gasteiger partial charge on any atom is 0.407 e. The Morgan fingerprint density at radius 1 is 1.26 bits per heavy atom. The van der Waals surface area contributed by atoms with Gasteiger partial charge in [0.15, 0.2) is 0 Å². The summed E-state index contributed by atoms with van der Waals surface area (Å²) in [7, 11) is 0. The van der Waals surface area contributed by atoms with E-state index in [-0.39, 0.29) is 6.61 Å². The van der Waals surface area contributed by atoms with Gasteiger partial charge >= 0.3 is 23.7 Å². The summed E-state index contributed by atoms with van der Waals surface area (Å²) in [5, 5.41) is 10.6. The first-order valence-corrected chi connectivity index (χ1v) is 5.59. The monoisotopic (exact) mass is 279 g/mol. The van der Waals surface area contributed by atoms with E-state index in [0.717, 1.165) is 0 Å². The Morgan fingerprint density at radius 2 is 1.79 bits per heavy atom. The second-order valence-corrected chi connectivity index (χ2v) is 4.68. The molecule has 0 aromatic rings. The molecule has 0 fully saturated rings. The van der Waals surface area contributed by atoms with Crippen LogP contribution in [0.2, 0.25) is 0 Å². The minimum atomic E-state index is -3.34. The Labute approximate surface area is 110 Å². The van der Waals surface area contributed by atoms with E-state index in [4.69, 9.17) is 9.84 Å². The molecule has 1 amide bonds. The molecule has 19 heavy (non-hydrogen) atoms. The molecule has 7 nitrogen and oxygen atoms in total. The van der Waals surface area contributed by atoms with Gasteiger partial charge in [-0.25, -0.2) is 18.8 Å². The normalized spacial score (nSPS) is 14.2. The highest BCUT2D eigenvalue weighted by atomic mass is 19.1. The number of ether oxygens (including phenoxy) is 2. The third-order valence-corrected chi connectivity index (χ3v) is 1.81. The lowest BCUT2D eigenvalue weighted by Gasteiger charge is -2.22. The van der Waals surface area contributed by atoms with Gasteiger partial charge in [0.2, 0.25) is 0 Å². The molecule has 110 valence electrons. The van der Waals surface area contributed by atoms with Crippen molar-refractivity contribution < 1.29 is 33.4 Å². The number of amides is 1. The number of alkyl carbamates (subject to hydrolysis) is 1. The van der Waals surface area contributed by atoms with Crippen LogP contribution in [0.5, 0.6) is 0 Å². The summed E-state index contributed by atoms with van der Waals surface area (Å²) in [6, 6.07) is 0. The van der Waals surface area contributed by atoms with Crippen LogP contribution in [0, 0.1) is 0 Å². The van der Waals surface area contributed by atoms with E-state index in [2.05, 4.69) is 4.74 Å².